The molecule has 3 heterocycles. The largest absolute Gasteiger partial charge is 0.465 e. The zero-order valence-electron chi connectivity index (χ0n) is 18.1. The van der Waals surface area contributed by atoms with Gasteiger partial charge in [-0.2, -0.15) is 0 Å². The predicted octanol–water partition coefficient (Wildman–Crippen LogP) is 0.622. The van der Waals surface area contributed by atoms with Gasteiger partial charge in [-0.25, -0.2) is 4.79 Å². The van der Waals surface area contributed by atoms with E-state index in [1.807, 2.05) is 0 Å². The molecule has 1 aromatic rings. The van der Waals surface area contributed by atoms with Gasteiger partial charge in [-0.3, -0.25) is 29.4 Å². The number of carbonyl (C=O) groups is 5. The van der Waals surface area contributed by atoms with Crippen molar-refractivity contribution >= 4 is 35.4 Å². The third kappa shape index (κ3) is 4.82. The number of nitrogens with one attached hydrogen (secondary N) is 3. The third-order valence-electron chi connectivity index (χ3n) is 6.34. The van der Waals surface area contributed by atoms with Crippen LogP contribution in [0.1, 0.15) is 52.8 Å². The number of amides is 5. The van der Waals surface area contributed by atoms with Crippen molar-refractivity contribution < 1.29 is 29.1 Å². The lowest BCUT2D eigenvalue weighted by Crippen LogP contribution is -2.54. The SMILES string of the molecule is O=C(O)NCCCN1CCC(Nc2cccc3c2C(=O)N(C2CCC(=O)NC2=O)C3=O)CC1. The molecule has 3 aliphatic rings. The van der Waals surface area contributed by atoms with Gasteiger partial charge in [-0.1, -0.05) is 6.07 Å². The summed E-state index contributed by atoms with van der Waals surface area (Å²) in [4.78, 5) is 63.6. The summed E-state index contributed by atoms with van der Waals surface area (Å²) in [5.74, 6) is -2.06. The number of carboxylic acid groups (broad SMARTS) is 1. The lowest BCUT2D eigenvalue weighted by atomic mass is 10.0. The fourth-order valence-electron chi connectivity index (χ4n) is 4.65. The summed E-state index contributed by atoms with van der Waals surface area (Å²) in [5, 5.41) is 16.6. The van der Waals surface area contributed by atoms with E-state index in [-0.39, 0.29) is 30.0 Å². The molecule has 0 radical (unpaired) electrons. The molecule has 2 fully saturated rings. The smallest absolute Gasteiger partial charge is 0.404 e. The van der Waals surface area contributed by atoms with E-state index in [4.69, 9.17) is 5.11 Å². The average Bonchev–Trinajstić information content (AvgIpc) is 3.03. The number of imide groups is 2. The van der Waals surface area contributed by atoms with Crippen LogP contribution >= 0.6 is 0 Å². The van der Waals surface area contributed by atoms with E-state index in [1.165, 1.54) is 0 Å². The highest BCUT2D eigenvalue weighted by atomic mass is 16.4. The van der Waals surface area contributed by atoms with Crippen molar-refractivity contribution in [2.45, 2.75) is 44.2 Å². The van der Waals surface area contributed by atoms with Crippen LogP contribution in [0.15, 0.2) is 18.2 Å². The van der Waals surface area contributed by atoms with Crippen LogP contribution in [-0.4, -0.2) is 82.9 Å². The second-order valence-electron chi connectivity index (χ2n) is 8.52. The number of nitrogens with zero attached hydrogens (tertiary/aromatic N) is 2. The third-order valence-corrected chi connectivity index (χ3v) is 6.34. The molecule has 2 saturated heterocycles. The first-order valence-corrected chi connectivity index (χ1v) is 11.2. The number of fused-ring (bicyclic) bond motifs is 1. The van der Waals surface area contributed by atoms with E-state index >= 15 is 0 Å². The Labute approximate surface area is 190 Å². The summed E-state index contributed by atoms with van der Waals surface area (Å²) in [6.45, 7) is 2.91. The van der Waals surface area contributed by atoms with E-state index < -0.39 is 35.8 Å². The van der Waals surface area contributed by atoms with Gasteiger partial charge in [0.25, 0.3) is 11.8 Å². The summed E-state index contributed by atoms with van der Waals surface area (Å²) in [6, 6.07) is 4.20. The van der Waals surface area contributed by atoms with Crippen LogP contribution in [0, 0.1) is 0 Å². The Morgan fingerprint density at radius 1 is 1.09 bits per heavy atom. The molecule has 4 rings (SSSR count). The molecule has 3 aliphatic heterocycles. The van der Waals surface area contributed by atoms with Gasteiger partial charge in [0.15, 0.2) is 0 Å². The summed E-state index contributed by atoms with van der Waals surface area (Å²) in [6.07, 6.45) is 1.62. The van der Waals surface area contributed by atoms with Crippen molar-refractivity contribution in [2.75, 3.05) is 31.5 Å². The van der Waals surface area contributed by atoms with Crippen LogP contribution in [0.3, 0.4) is 0 Å². The van der Waals surface area contributed by atoms with E-state index in [1.54, 1.807) is 18.2 Å². The van der Waals surface area contributed by atoms with Crippen molar-refractivity contribution in [3.05, 3.63) is 29.3 Å². The molecule has 5 amide bonds. The molecule has 0 spiro atoms. The fourth-order valence-corrected chi connectivity index (χ4v) is 4.65. The molecule has 11 heteroatoms. The van der Waals surface area contributed by atoms with Gasteiger partial charge in [0.05, 0.1) is 11.1 Å². The molecule has 0 aliphatic carbocycles. The van der Waals surface area contributed by atoms with Crippen molar-refractivity contribution in [3.8, 4) is 0 Å². The number of piperidine rings is 2. The Morgan fingerprint density at radius 3 is 2.55 bits per heavy atom. The van der Waals surface area contributed by atoms with E-state index in [0.29, 0.717) is 12.2 Å². The number of hydrogen-bond acceptors (Lipinski definition) is 7. The van der Waals surface area contributed by atoms with Crippen LogP contribution < -0.4 is 16.0 Å². The maximum absolute atomic E-state index is 13.2. The number of likely N-dealkylation sites (tertiary alicyclic amines) is 1. The van der Waals surface area contributed by atoms with Gasteiger partial charge >= 0.3 is 6.09 Å². The summed E-state index contributed by atoms with van der Waals surface area (Å²) < 4.78 is 0. The maximum Gasteiger partial charge on any atom is 0.404 e. The molecular weight excluding hydrogens is 430 g/mol. The Kier molecular flexibility index (Phi) is 6.59. The molecule has 11 nitrogen and oxygen atoms in total. The lowest BCUT2D eigenvalue weighted by Gasteiger charge is -2.33. The minimum absolute atomic E-state index is 0.0832. The first-order valence-electron chi connectivity index (χ1n) is 11.2. The summed E-state index contributed by atoms with van der Waals surface area (Å²) in [5.41, 5.74) is 1.11. The first kappa shape index (κ1) is 22.7. The minimum Gasteiger partial charge on any atom is -0.465 e. The standard InChI is InChI=1S/C22H27N5O6/c28-17-6-5-16(19(29)25-17)27-20(30)14-3-1-4-15(18(14)21(27)31)24-13-7-11-26(12-8-13)10-2-9-23-22(32)33/h1,3-4,13,16,23-24H,2,5-12H2,(H,32,33)(H,25,28,29). The van der Waals surface area contributed by atoms with Crippen molar-refractivity contribution in [1.29, 1.82) is 0 Å². The van der Waals surface area contributed by atoms with Crippen molar-refractivity contribution in [2.24, 2.45) is 0 Å². The Hall–Kier alpha value is -3.47. The fraction of sp³-hybridized carbons (Fsp3) is 0.500. The molecule has 1 unspecified atom stereocenters. The van der Waals surface area contributed by atoms with Gasteiger partial charge in [0.1, 0.15) is 6.04 Å². The number of carbonyl (C=O) groups excluding carboxylic acids is 4. The van der Waals surface area contributed by atoms with Gasteiger partial charge in [-0.05, 0) is 44.4 Å². The Balaban J connectivity index is 1.38. The molecule has 1 atom stereocenters. The number of anilines is 1. The summed E-state index contributed by atoms with van der Waals surface area (Å²) in [7, 11) is 0. The maximum atomic E-state index is 13.2. The second kappa shape index (κ2) is 9.57. The number of benzene rings is 1. The van der Waals surface area contributed by atoms with Crippen LogP contribution in [-0.2, 0) is 9.59 Å². The van der Waals surface area contributed by atoms with Crippen LogP contribution in [0.25, 0.3) is 0 Å². The zero-order chi connectivity index (χ0) is 23.5. The molecule has 0 aromatic heterocycles. The van der Waals surface area contributed by atoms with Crippen LogP contribution in [0.4, 0.5) is 10.5 Å². The van der Waals surface area contributed by atoms with Crippen LogP contribution in [0.5, 0.6) is 0 Å². The normalized spacial score (nSPS) is 21.7. The Bertz CT molecular complexity index is 987. The van der Waals surface area contributed by atoms with Gasteiger partial charge in [0, 0.05) is 37.8 Å². The molecule has 1 aromatic carbocycles. The van der Waals surface area contributed by atoms with Crippen LogP contribution in [0.2, 0.25) is 0 Å². The number of rotatable bonds is 7. The lowest BCUT2D eigenvalue weighted by molar-refractivity contribution is -0.136. The first-order chi connectivity index (χ1) is 15.8. The zero-order valence-corrected chi connectivity index (χ0v) is 18.1. The number of hydrogen-bond donors (Lipinski definition) is 4. The topological polar surface area (TPSA) is 148 Å². The summed E-state index contributed by atoms with van der Waals surface area (Å²) >= 11 is 0. The monoisotopic (exact) mass is 457 g/mol. The molecule has 33 heavy (non-hydrogen) atoms. The van der Waals surface area contributed by atoms with Crippen molar-refractivity contribution in [1.82, 2.24) is 20.4 Å². The predicted molar refractivity (Wildman–Crippen MR) is 117 cm³/mol. The van der Waals surface area contributed by atoms with Gasteiger partial charge < -0.3 is 20.6 Å². The molecule has 0 bridgehead atoms. The Morgan fingerprint density at radius 2 is 1.85 bits per heavy atom. The highest BCUT2D eigenvalue weighted by Gasteiger charge is 2.45. The van der Waals surface area contributed by atoms with Gasteiger partial charge in [0.2, 0.25) is 11.8 Å². The minimum atomic E-state index is -1.02. The molecule has 176 valence electrons. The van der Waals surface area contributed by atoms with Crippen molar-refractivity contribution in [3.63, 3.8) is 0 Å². The highest BCUT2D eigenvalue weighted by Crippen LogP contribution is 2.33. The second-order valence-corrected chi connectivity index (χ2v) is 8.52. The quantitative estimate of drug-likeness (QED) is 0.344. The molecule has 4 N–H and O–H groups in total. The molecular formula is C22H27N5O6. The molecule has 0 saturated carbocycles. The van der Waals surface area contributed by atoms with E-state index in [0.717, 1.165) is 43.8 Å². The highest BCUT2D eigenvalue weighted by molar-refractivity contribution is 6.25. The van der Waals surface area contributed by atoms with E-state index in [2.05, 4.69) is 20.9 Å². The van der Waals surface area contributed by atoms with E-state index in [9.17, 15) is 24.0 Å². The average molecular weight is 457 g/mol. The van der Waals surface area contributed by atoms with Gasteiger partial charge in [-0.15, -0.1) is 0 Å².